The fourth-order valence-electron chi connectivity index (χ4n) is 1.34. The number of imide groups is 1. The van der Waals surface area contributed by atoms with Crippen LogP contribution in [0.25, 0.3) is 0 Å². The maximum Gasteiger partial charge on any atom is 0.324 e. The molecule has 3 amide bonds. The normalized spacial score (nSPS) is 17.4. The van der Waals surface area contributed by atoms with Gasteiger partial charge >= 0.3 is 6.03 Å². The molecule has 1 fully saturated rings. The number of nitrogens with zero attached hydrogens (tertiary/aromatic N) is 1. The molecule has 1 heterocycles. The van der Waals surface area contributed by atoms with Crippen LogP contribution < -0.4 is 5.32 Å². The van der Waals surface area contributed by atoms with Gasteiger partial charge in [0.2, 0.25) is 0 Å². The Morgan fingerprint density at radius 3 is 2.07 bits per heavy atom. The number of piperidine rings is 1. The average Bonchev–Trinajstić information content (AvgIpc) is 2.17. The van der Waals surface area contributed by atoms with Crippen LogP contribution in [0.3, 0.4) is 0 Å². The molecule has 1 aliphatic rings. The largest absolute Gasteiger partial charge is 0.324 e. The third kappa shape index (κ3) is 4.05. The summed E-state index contributed by atoms with van der Waals surface area (Å²) in [5.74, 6) is -0.914. The number of nitrogens with one attached hydrogen (secondary N) is 1. The Bertz CT molecular complexity index is 259. The molecule has 1 aliphatic heterocycles. The van der Waals surface area contributed by atoms with Gasteiger partial charge in [0.25, 0.3) is 9.70 Å². The number of hydrogen-bond acceptors (Lipinski definition) is 2. The first kappa shape index (κ1) is 12.9. The minimum absolute atomic E-state index is 0.494. The number of urea groups is 1. The fourth-order valence-corrected chi connectivity index (χ4v) is 1.49. The van der Waals surface area contributed by atoms with E-state index in [1.807, 2.05) is 5.32 Å². The Morgan fingerprint density at radius 1 is 1.07 bits per heavy atom. The summed E-state index contributed by atoms with van der Waals surface area (Å²) in [4.78, 5) is 24.2. The lowest BCUT2D eigenvalue weighted by atomic mass is 10.1. The Morgan fingerprint density at radius 2 is 1.60 bits per heavy atom. The van der Waals surface area contributed by atoms with Gasteiger partial charge in [-0.05, 0) is 19.3 Å². The highest BCUT2D eigenvalue weighted by Gasteiger charge is 2.33. The van der Waals surface area contributed by atoms with Crippen molar-refractivity contribution in [3.8, 4) is 0 Å². The molecule has 0 aromatic rings. The van der Waals surface area contributed by atoms with E-state index in [0.29, 0.717) is 13.1 Å². The highest BCUT2D eigenvalue weighted by molar-refractivity contribution is 6.76. The van der Waals surface area contributed by atoms with E-state index in [1.165, 1.54) is 4.90 Å². The topological polar surface area (TPSA) is 49.4 Å². The molecule has 4 nitrogen and oxygen atoms in total. The van der Waals surface area contributed by atoms with Crippen LogP contribution in [0.15, 0.2) is 0 Å². The zero-order valence-electron chi connectivity index (χ0n) is 7.93. The maximum absolute atomic E-state index is 11.5. The molecule has 0 bridgehead atoms. The number of rotatable bonds is 0. The zero-order chi connectivity index (χ0) is 11.5. The fraction of sp³-hybridized carbons (Fsp3) is 0.750. The molecule has 86 valence electrons. The third-order valence-corrected chi connectivity index (χ3v) is 2.64. The molecule has 0 aliphatic carbocycles. The van der Waals surface area contributed by atoms with Crippen LogP contribution in [0.4, 0.5) is 4.79 Å². The van der Waals surface area contributed by atoms with Crippen LogP contribution in [0.1, 0.15) is 19.3 Å². The van der Waals surface area contributed by atoms with E-state index < -0.39 is 15.7 Å². The van der Waals surface area contributed by atoms with Crippen LogP contribution in [0.2, 0.25) is 0 Å². The van der Waals surface area contributed by atoms with Gasteiger partial charge in [0.1, 0.15) is 0 Å². The van der Waals surface area contributed by atoms with E-state index in [4.69, 9.17) is 34.8 Å². The number of likely N-dealkylation sites (tertiary alicyclic amines) is 1. The third-order valence-electron chi connectivity index (χ3n) is 2.12. The lowest BCUT2D eigenvalue weighted by molar-refractivity contribution is -0.119. The van der Waals surface area contributed by atoms with E-state index in [9.17, 15) is 9.59 Å². The molecule has 0 saturated carbocycles. The number of carbonyl (C=O) groups excluding carboxylic acids is 2. The monoisotopic (exact) mass is 272 g/mol. The number of alkyl halides is 3. The van der Waals surface area contributed by atoms with Crippen molar-refractivity contribution >= 4 is 46.7 Å². The molecular weight excluding hydrogens is 262 g/mol. The number of amides is 3. The maximum atomic E-state index is 11.5. The van der Waals surface area contributed by atoms with E-state index in [-0.39, 0.29) is 0 Å². The Labute approximate surface area is 103 Å². The predicted octanol–water partition coefficient (Wildman–Crippen LogP) is 2.08. The van der Waals surface area contributed by atoms with Gasteiger partial charge in [-0.15, -0.1) is 0 Å². The standard InChI is InChI=1S/C8H11Cl3N2O2/c9-8(10,11)6(14)12-7(15)13-4-2-1-3-5-13/h1-5H2,(H,12,14,15). The van der Waals surface area contributed by atoms with Gasteiger partial charge in [-0.1, -0.05) is 34.8 Å². The summed E-state index contributed by atoms with van der Waals surface area (Å²) >= 11 is 15.9. The molecule has 1 N–H and O–H groups in total. The summed E-state index contributed by atoms with van der Waals surface area (Å²) in [6.07, 6.45) is 2.98. The summed E-state index contributed by atoms with van der Waals surface area (Å²) < 4.78 is -2.09. The molecule has 0 spiro atoms. The van der Waals surface area contributed by atoms with Crippen molar-refractivity contribution in [1.29, 1.82) is 0 Å². The summed E-state index contributed by atoms with van der Waals surface area (Å²) in [7, 11) is 0. The van der Waals surface area contributed by atoms with Crippen molar-refractivity contribution in [1.82, 2.24) is 10.2 Å². The highest BCUT2D eigenvalue weighted by Crippen LogP contribution is 2.25. The lowest BCUT2D eigenvalue weighted by Crippen LogP contribution is -2.48. The number of hydrogen-bond donors (Lipinski definition) is 1. The first-order chi connectivity index (χ1) is 6.91. The molecule has 7 heteroatoms. The summed E-state index contributed by atoms with van der Waals surface area (Å²) in [6.45, 7) is 1.28. The quantitative estimate of drug-likeness (QED) is 0.687. The Hall–Kier alpha value is -0.190. The minimum Gasteiger partial charge on any atom is -0.324 e. The second-order valence-electron chi connectivity index (χ2n) is 3.30. The molecule has 0 aromatic carbocycles. The molecule has 1 rings (SSSR count). The Kier molecular flexibility index (Phi) is 4.49. The molecule has 0 atom stereocenters. The molecule has 15 heavy (non-hydrogen) atoms. The van der Waals surface area contributed by atoms with E-state index in [1.54, 1.807) is 0 Å². The lowest BCUT2D eigenvalue weighted by Gasteiger charge is -2.26. The van der Waals surface area contributed by atoms with Crippen molar-refractivity contribution < 1.29 is 9.59 Å². The number of carbonyl (C=O) groups is 2. The summed E-state index contributed by atoms with van der Waals surface area (Å²) in [5, 5.41) is 2.04. The van der Waals surface area contributed by atoms with Gasteiger partial charge < -0.3 is 4.90 Å². The van der Waals surface area contributed by atoms with Crippen molar-refractivity contribution in [2.75, 3.05) is 13.1 Å². The van der Waals surface area contributed by atoms with Crippen LogP contribution >= 0.6 is 34.8 Å². The second kappa shape index (κ2) is 5.23. The van der Waals surface area contributed by atoms with Crippen molar-refractivity contribution in [2.24, 2.45) is 0 Å². The number of halogens is 3. The SMILES string of the molecule is O=C(NC(=O)C(Cl)(Cl)Cl)N1CCCCC1. The van der Waals surface area contributed by atoms with Gasteiger partial charge in [-0.2, -0.15) is 0 Å². The van der Waals surface area contributed by atoms with Crippen LogP contribution in [0, 0.1) is 0 Å². The van der Waals surface area contributed by atoms with Gasteiger partial charge in [-0.25, -0.2) is 4.79 Å². The first-order valence-corrected chi connectivity index (χ1v) is 5.72. The van der Waals surface area contributed by atoms with Crippen LogP contribution in [-0.4, -0.2) is 33.7 Å². The first-order valence-electron chi connectivity index (χ1n) is 4.58. The van der Waals surface area contributed by atoms with Crippen molar-refractivity contribution in [2.45, 2.75) is 23.1 Å². The van der Waals surface area contributed by atoms with Crippen molar-refractivity contribution in [3.63, 3.8) is 0 Å². The molecule has 0 aromatic heterocycles. The van der Waals surface area contributed by atoms with Crippen molar-refractivity contribution in [3.05, 3.63) is 0 Å². The van der Waals surface area contributed by atoms with E-state index >= 15 is 0 Å². The van der Waals surface area contributed by atoms with Crippen LogP contribution in [-0.2, 0) is 4.79 Å². The molecule has 0 radical (unpaired) electrons. The zero-order valence-corrected chi connectivity index (χ0v) is 10.2. The van der Waals surface area contributed by atoms with Gasteiger partial charge in [0.05, 0.1) is 0 Å². The molecule has 0 unspecified atom stereocenters. The van der Waals surface area contributed by atoms with Gasteiger partial charge in [0.15, 0.2) is 0 Å². The summed E-state index contributed by atoms with van der Waals surface area (Å²) in [6, 6.07) is -0.494. The van der Waals surface area contributed by atoms with E-state index in [2.05, 4.69) is 0 Å². The smallest absolute Gasteiger partial charge is 0.324 e. The van der Waals surface area contributed by atoms with Gasteiger partial charge in [-0.3, -0.25) is 10.1 Å². The highest BCUT2D eigenvalue weighted by atomic mass is 35.6. The minimum atomic E-state index is -2.09. The predicted molar refractivity (Wildman–Crippen MR) is 59.3 cm³/mol. The van der Waals surface area contributed by atoms with Gasteiger partial charge in [0, 0.05) is 13.1 Å². The molecular formula is C8H11Cl3N2O2. The van der Waals surface area contributed by atoms with Crippen LogP contribution in [0.5, 0.6) is 0 Å². The molecule has 1 saturated heterocycles. The Balaban J connectivity index is 2.44. The van der Waals surface area contributed by atoms with E-state index in [0.717, 1.165) is 19.3 Å². The second-order valence-corrected chi connectivity index (χ2v) is 5.59. The summed E-state index contributed by atoms with van der Waals surface area (Å²) in [5.41, 5.74) is 0. The average molecular weight is 274 g/mol.